The second-order valence-electron chi connectivity index (χ2n) is 6.47. The molecule has 1 unspecified atom stereocenters. The summed E-state index contributed by atoms with van der Waals surface area (Å²) >= 11 is 0. The van der Waals surface area contributed by atoms with E-state index in [0.29, 0.717) is 11.8 Å². The number of rotatable bonds is 1. The van der Waals surface area contributed by atoms with Crippen molar-refractivity contribution in [2.24, 2.45) is 7.05 Å². The molecule has 2 nitrogen and oxygen atoms in total. The van der Waals surface area contributed by atoms with E-state index in [0.717, 1.165) is 0 Å². The van der Waals surface area contributed by atoms with Crippen LogP contribution in [0, 0.1) is 0 Å². The molecule has 0 spiro atoms. The third-order valence-electron chi connectivity index (χ3n) is 4.85. The molecule has 0 aliphatic carbocycles. The lowest BCUT2D eigenvalue weighted by atomic mass is 9.85. The number of imidazole rings is 1. The van der Waals surface area contributed by atoms with E-state index < -0.39 is 0 Å². The van der Waals surface area contributed by atoms with E-state index in [4.69, 9.17) is 0 Å². The molecule has 1 aliphatic rings. The van der Waals surface area contributed by atoms with Gasteiger partial charge in [0.2, 0.25) is 6.33 Å². The van der Waals surface area contributed by atoms with Crippen molar-refractivity contribution in [3.05, 3.63) is 59.4 Å². The fourth-order valence-corrected chi connectivity index (χ4v) is 3.75. The number of benzene rings is 2. The highest BCUT2D eigenvalue weighted by Crippen LogP contribution is 2.41. The van der Waals surface area contributed by atoms with Gasteiger partial charge in [0.15, 0.2) is 11.0 Å². The molecule has 2 aromatic carbocycles. The van der Waals surface area contributed by atoms with Crippen LogP contribution < -0.4 is 4.57 Å². The van der Waals surface area contributed by atoms with Crippen molar-refractivity contribution in [1.29, 1.82) is 0 Å². The average molecular weight is 277 g/mol. The summed E-state index contributed by atoms with van der Waals surface area (Å²) in [4.78, 5) is 0. The fourth-order valence-electron chi connectivity index (χ4n) is 3.75. The third-order valence-corrected chi connectivity index (χ3v) is 4.85. The maximum atomic E-state index is 2.40. The first-order chi connectivity index (χ1) is 10.1. The van der Waals surface area contributed by atoms with Crippen molar-refractivity contribution in [2.75, 3.05) is 0 Å². The van der Waals surface area contributed by atoms with Crippen molar-refractivity contribution in [2.45, 2.75) is 32.6 Å². The molecule has 0 saturated carbocycles. The van der Waals surface area contributed by atoms with Gasteiger partial charge >= 0.3 is 0 Å². The summed E-state index contributed by atoms with van der Waals surface area (Å²) in [6, 6.07) is 13.4. The standard InChI is InChI=1S/C19H21N2/c1-12(2)14-7-5-8-15-13(3)16-9-6-10-17-19(16)21(18(14)15)11-20(17)4/h5-13H,1-4H3/q+1. The van der Waals surface area contributed by atoms with Crippen LogP contribution in [0.25, 0.3) is 16.7 Å². The minimum Gasteiger partial charge on any atom is -0.232 e. The van der Waals surface area contributed by atoms with Crippen LogP contribution in [0.4, 0.5) is 0 Å². The lowest BCUT2D eigenvalue weighted by molar-refractivity contribution is -0.645. The Kier molecular flexibility index (Phi) is 2.53. The number of aryl methyl sites for hydroxylation is 1. The molecule has 1 aromatic heterocycles. The quantitative estimate of drug-likeness (QED) is 0.594. The number of para-hydroxylation sites is 2. The van der Waals surface area contributed by atoms with Crippen molar-refractivity contribution in [3.8, 4) is 5.69 Å². The maximum Gasteiger partial charge on any atom is 0.249 e. The largest absolute Gasteiger partial charge is 0.249 e. The highest BCUT2D eigenvalue weighted by atomic mass is 15.1. The van der Waals surface area contributed by atoms with Crippen LogP contribution in [0.1, 0.15) is 49.3 Å². The van der Waals surface area contributed by atoms with Crippen LogP contribution in [-0.2, 0) is 7.05 Å². The van der Waals surface area contributed by atoms with Crippen LogP contribution in [0.15, 0.2) is 42.7 Å². The van der Waals surface area contributed by atoms with E-state index >= 15 is 0 Å². The molecule has 0 fully saturated rings. The van der Waals surface area contributed by atoms with Gasteiger partial charge in [-0.2, -0.15) is 4.57 Å². The topological polar surface area (TPSA) is 8.81 Å². The van der Waals surface area contributed by atoms with Crippen molar-refractivity contribution in [1.82, 2.24) is 4.57 Å². The zero-order chi connectivity index (χ0) is 14.7. The van der Waals surface area contributed by atoms with E-state index in [-0.39, 0.29) is 0 Å². The second-order valence-corrected chi connectivity index (χ2v) is 6.47. The van der Waals surface area contributed by atoms with E-state index in [1.165, 1.54) is 33.4 Å². The van der Waals surface area contributed by atoms with Gasteiger partial charge in [-0.25, -0.2) is 4.57 Å². The summed E-state index contributed by atoms with van der Waals surface area (Å²) in [6.45, 7) is 6.89. The predicted octanol–water partition coefficient (Wildman–Crippen LogP) is 4.04. The van der Waals surface area contributed by atoms with E-state index in [1.54, 1.807) is 0 Å². The summed E-state index contributed by atoms with van der Waals surface area (Å²) in [6.07, 6.45) is 2.23. The van der Waals surface area contributed by atoms with E-state index in [2.05, 4.69) is 79.7 Å². The fraction of sp³-hybridized carbons (Fsp3) is 0.316. The molecule has 0 N–H and O–H groups in total. The van der Waals surface area contributed by atoms with Crippen LogP contribution in [0.3, 0.4) is 0 Å². The highest BCUT2D eigenvalue weighted by molar-refractivity contribution is 5.83. The first-order valence-corrected chi connectivity index (χ1v) is 7.72. The van der Waals surface area contributed by atoms with Crippen molar-refractivity contribution in [3.63, 3.8) is 0 Å². The molecule has 4 rings (SSSR count). The Balaban J connectivity index is 2.20. The Bertz CT molecular complexity index is 855. The van der Waals surface area contributed by atoms with Gasteiger partial charge < -0.3 is 0 Å². The second kappa shape index (κ2) is 4.20. The zero-order valence-corrected chi connectivity index (χ0v) is 13.1. The molecule has 106 valence electrons. The van der Waals surface area contributed by atoms with Gasteiger partial charge in [-0.1, -0.05) is 51.1 Å². The number of fused-ring (bicyclic) bond motifs is 2. The van der Waals surface area contributed by atoms with Gasteiger partial charge in [0.25, 0.3) is 0 Å². The van der Waals surface area contributed by atoms with Gasteiger partial charge in [0.1, 0.15) is 5.69 Å². The van der Waals surface area contributed by atoms with Crippen molar-refractivity contribution < 1.29 is 4.57 Å². The summed E-state index contributed by atoms with van der Waals surface area (Å²) in [7, 11) is 2.14. The Labute approximate surface area is 125 Å². The third kappa shape index (κ3) is 1.56. The smallest absolute Gasteiger partial charge is 0.232 e. The molecular formula is C19H21N2+. The van der Waals surface area contributed by atoms with Crippen LogP contribution in [0.2, 0.25) is 0 Å². The highest BCUT2D eigenvalue weighted by Gasteiger charge is 2.32. The van der Waals surface area contributed by atoms with Crippen LogP contribution in [0.5, 0.6) is 0 Å². The number of hydrogen-bond acceptors (Lipinski definition) is 0. The molecular weight excluding hydrogens is 256 g/mol. The zero-order valence-electron chi connectivity index (χ0n) is 13.1. The number of hydrogen-bond donors (Lipinski definition) is 0. The lowest BCUT2D eigenvalue weighted by Gasteiger charge is -2.23. The lowest BCUT2D eigenvalue weighted by Crippen LogP contribution is -2.25. The molecule has 0 saturated heterocycles. The van der Waals surface area contributed by atoms with Crippen LogP contribution >= 0.6 is 0 Å². The Morgan fingerprint density at radius 3 is 2.52 bits per heavy atom. The molecule has 2 heteroatoms. The molecule has 0 bridgehead atoms. The normalized spacial score (nSPS) is 16.5. The average Bonchev–Trinajstić information content (AvgIpc) is 2.82. The maximum absolute atomic E-state index is 2.40. The molecule has 2 heterocycles. The Hall–Kier alpha value is -2.09. The molecule has 0 amide bonds. The summed E-state index contributed by atoms with van der Waals surface area (Å²) in [5.74, 6) is 0.977. The van der Waals surface area contributed by atoms with Gasteiger partial charge in [-0.3, -0.25) is 0 Å². The SMILES string of the molecule is CC(C)c1cccc2c1-n1c[n+](C)c3cccc(c31)C2C. The minimum absolute atomic E-state index is 0.449. The van der Waals surface area contributed by atoms with Gasteiger partial charge in [-0.15, -0.1) is 0 Å². The number of aromatic nitrogens is 2. The minimum atomic E-state index is 0.449. The summed E-state index contributed by atoms with van der Waals surface area (Å²) in [5.41, 5.74) is 8.38. The van der Waals surface area contributed by atoms with Gasteiger partial charge in [0, 0.05) is 22.6 Å². The van der Waals surface area contributed by atoms with Crippen molar-refractivity contribution >= 4 is 11.0 Å². The molecule has 21 heavy (non-hydrogen) atoms. The summed E-state index contributed by atoms with van der Waals surface area (Å²) in [5, 5.41) is 0. The first kappa shape index (κ1) is 12.6. The number of nitrogens with zero attached hydrogens (tertiary/aromatic N) is 2. The van der Waals surface area contributed by atoms with Crippen LogP contribution in [-0.4, -0.2) is 4.57 Å². The molecule has 1 aliphatic heterocycles. The molecule has 1 atom stereocenters. The molecule has 0 radical (unpaired) electrons. The summed E-state index contributed by atoms with van der Waals surface area (Å²) < 4.78 is 4.63. The monoisotopic (exact) mass is 277 g/mol. The first-order valence-electron chi connectivity index (χ1n) is 7.72. The van der Waals surface area contributed by atoms with E-state index in [9.17, 15) is 0 Å². The molecule has 3 aromatic rings. The van der Waals surface area contributed by atoms with Gasteiger partial charge in [-0.05, 0) is 12.0 Å². The van der Waals surface area contributed by atoms with E-state index in [1.807, 2.05) is 0 Å². The Morgan fingerprint density at radius 2 is 1.76 bits per heavy atom. The predicted molar refractivity (Wildman–Crippen MR) is 86.1 cm³/mol. The van der Waals surface area contributed by atoms with Gasteiger partial charge in [0.05, 0.1) is 7.05 Å². The Morgan fingerprint density at radius 1 is 1.05 bits per heavy atom.